The lowest BCUT2D eigenvalue weighted by Crippen LogP contribution is -2.71. The van der Waals surface area contributed by atoms with E-state index in [1.54, 1.807) is 0 Å². The molecule has 2 amide bonds. The molecule has 0 aliphatic carbocycles. The molecule has 184 valence electrons. The third-order valence-electron chi connectivity index (χ3n) is 4.70. The number of hydrogen-bond donors (Lipinski definition) is 3. The Balaban J connectivity index is 1.48. The smallest absolute Gasteiger partial charge is 0.352 e. The Kier molecular flexibility index (Phi) is 7.26. The maximum atomic E-state index is 12.9. The molecule has 2 aromatic heterocycles. The van der Waals surface area contributed by atoms with Gasteiger partial charge in [0.05, 0.1) is 0 Å². The zero-order chi connectivity index (χ0) is 25.1. The van der Waals surface area contributed by atoms with E-state index in [9.17, 15) is 24.3 Å². The fourth-order valence-corrected chi connectivity index (χ4v) is 6.05. The molecule has 35 heavy (non-hydrogen) atoms. The summed E-state index contributed by atoms with van der Waals surface area (Å²) in [6, 6.07) is -0.979. The van der Waals surface area contributed by atoms with E-state index in [0.29, 0.717) is 5.57 Å². The minimum absolute atomic E-state index is 0.115. The molecule has 1 unspecified atom stereocenters. The van der Waals surface area contributed by atoms with Crippen molar-refractivity contribution in [2.75, 3.05) is 18.6 Å². The van der Waals surface area contributed by atoms with Crippen LogP contribution in [0.5, 0.6) is 0 Å². The molecule has 2 aromatic rings. The minimum atomic E-state index is -1.30. The predicted molar refractivity (Wildman–Crippen MR) is 119 cm³/mol. The van der Waals surface area contributed by atoms with Crippen LogP contribution < -0.4 is 5.32 Å². The molecule has 16 nitrogen and oxygen atoms in total. The largest absolute Gasteiger partial charge is 0.480 e. The van der Waals surface area contributed by atoms with Crippen molar-refractivity contribution in [3.05, 3.63) is 22.3 Å². The van der Waals surface area contributed by atoms with Crippen molar-refractivity contribution >= 4 is 64.5 Å². The lowest BCUT2D eigenvalue weighted by Gasteiger charge is -2.49. The zero-order valence-corrected chi connectivity index (χ0v) is 20.0. The van der Waals surface area contributed by atoms with Gasteiger partial charge in [0.15, 0.2) is 5.71 Å². The van der Waals surface area contributed by atoms with E-state index >= 15 is 0 Å². The number of carbonyl (C=O) groups excluding carboxylic acids is 2. The number of aromatic nitrogens is 6. The fraction of sp³-hybridized carbons (Fsp3) is 0.375. The summed E-state index contributed by atoms with van der Waals surface area (Å²) in [5.74, 6) is -3.38. The molecule has 19 heteroatoms. The number of carbonyl (C=O) groups is 4. The highest BCUT2D eigenvalue weighted by Gasteiger charge is 2.54. The quantitative estimate of drug-likeness (QED) is 0.135. The number of fused-ring (bicyclic) bond motifs is 1. The van der Waals surface area contributed by atoms with Gasteiger partial charge >= 0.3 is 11.9 Å². The molecule has 0 spiro atoms. The summed E-state index contributed by atoms with van der Waals surface area (Å²) in [6.45, 7) is -0.450. The molecule has 0 bridgehead atoms. The molecular formula is C16H15N9O7S3. The van der Waals surface area contributed by atoms with Gasteiger partial charge in [-0.05, 0) is 27.5 Å². The van der Waals surface area contributed by atoms with Crippen LogP contribution in [0, 0.1) is 0 Å². The summed E-state index contributed by atoms with van der Waals surface area (Å²) in [5.41, 5.74) is 0.244. The third-order valence-corrected chi connectivity index (χ3v) is 7.58. The molecule has 0 saturated carbocycles. The number of carboxylic acid groups (broad SMARTS) is 2. The van der Waals surface area contributed by atoms with Crippen molar-refractivity contribution in [2.45, 2.75) is 23.1 Å². The number of thioether (sulfide) groups is 2. The Morgan fingerprint density at radius 2 is 2.14 bits per heavy atom. The minimum Gasteiger partial charge on any atom is -0.480 e. The molecule has 1 saturated heterocycles. The van der Waals surface area contributed by atoms with Crippen molar-refractivity contribution in [3.8, 4) is 0 Å². The second kappa shape index (κ2) is 10.4. The number of hydrogen-bond acceptors (Lipinski definition) is 14. The van der Waals surface area contributed by atoms with E-state index in [-0.39, 0.29) is 33.8 Å². The molecular weight excluding hydrogens is 526 g/mol. The average molecular weight is 542 g/mol. The van der Waals surface area contributed by atoms with E-state index < -0.39 is 41.7 Å². The SMILES string of the molecule is CON=C(C(=O)NC1C(=O)N2C(C(=O)O)=C(CSc3nnnn3CC(=O)O)CS[C@@H]12)c1csnn1. The molecule has 4 heterocycles. The maximum Gasteiger partial charge on any atom is 0.352 e. The van der Waals surface area contributed by atoms with Crippen LogP contribution in [0.4, 0.5) is 0 Å². The van der Waals surface area contributed by atoms with Crippen LogP contribution in [0.15, 0.2) is 27.0 Å². The Labute approximate surface area is 207 Å². The van der Waals surface area contributed by atoms with Gasteiger partial charge in [-0.25, -0.2) is 9.48 Å². The fourth-order valence-electron chi connectivity index (χ4n) is 3.25. The summed E-state index contributed by atoms with van der Waals surface area (Å²) in [4.78, 5) is 54.3. The second-order valence-corrected chi connectivity index (χ2v) is 9.49. The Bertz CT molecular complexity index is 1230. The first kappa shape index (κ1) is 24.5. The first-order valence-electron chi connectivity index (χ1n) is 9.52. The Morgan fingerprint density at radius 1 is 1.34 bits per heavy atom. The number of aliphatic carboxylic acids is 2. The van der Waals surface area contributed by atoms with Gasteiger partial charge in [-0.1, -0.05) is 21.4 Å². The topological polar surface area (TPSA) is 215 Å². The molecule has 2 aliphatic rings. The molecule has 0 radical (unpaired) electrons. The van der Waals surface area contributed by atoms with Gasteiger partial charge in [-0.3, -0.25) is 19.3 Å². The predicted octanol–water partition coefficient (Wildman–Crippen LogP) is -1.51. The van der Waals surface area contributed by atoms with Crippen molar-refractivity contribution in [3.63, 3.8) is 0 Å². The van der Waals surface area contributed by atoms with E-state index in [0.717, 1.165) is 32.9 Å². The van der Waals surface area contributed by atoms with Gasteiger partial charge < -0.3 is 20.4 Å². The normalized spacial score (nSPS) is 19.7. The van der Waals surface area contributed by atoms with Crippen molar-refractivity contribution in [1.29, 1.82) is 0 Å². The molecule has 0 aromatic carbocycles. The first-order valence-corrected chi connectivity index (χ1v) is 12.4. The van der Waals surface area contributed by atoms with Gasteiger partial charge in [0.1, 0.15) is 36.5 Å². The van der Waals surface area contributed by atoms with E-state index in [1.165, 1.54) is 24.3 Å². The van der Waals surface area contributed by atoms with E-state index in [4.69, 9.17) is 9.94 Å². The molecule has 1 fully saturated rings. The summed E-state index contributed by atoms with van der Waals surface area (Å²) in [5, 5.41) is 40.6. The highest BCUT2D eigenvalue weighted by Crippen LogP contribution is 2.41. The van der Waals surface area contributed by atoms with E-state index in [2.05, 4.69) is 35.6 Å². The summed E-state index contributed by atoms with van der Waals surface area (Å²) in [6.07, 6.45) is 0. The average Bonchev–Trinajstić information content (AvgIpc) is 3.50. The number of nitrogens with one attached hydrogen (secondary N) is 1. The molecule has 3 N–H and O–H groups in total. The number of rotatable bonds is 10. The second-order valence-electron chi connectivity index (χ2n) is 6.83. The third kappa shape index (κ3) is 4.95. The van der Waals surface area contributed by atoms with Crippen LogP contribution in [-0.4, -0.2) is 104 Å². The Hall–Kier alpha value is -3.58. The van der Waals surface area contributed by atoms with Crippen molar-refractivity contribution in [2.24, 2.45) is 5.16 Å². The summed E-state index contributed by atoms with van der Waals surface area (Å²) >= 11 is 3.33. The monoisotopic (exact) mass is 541 g/mol. The highest BCUT2D eigenvalue weighted by atomic mass is 32.2. The van der Waals surface area contributed by atoms with Gasteiger partial charge in [0.25, 0.3) is 11.8 Å². The molecule has 2 atom stereocenters. The first-order chi connectivity index (χ1) is 16.8. The lowest BCUT2D eigenvalue weighted by atomic mass is 10.0. The number of amides is 2. The van der Waals surface area contributed by atoms with Crippen LogP contribution in [0.1, 0.15) is 5.69 Å². The number of nitrogens with zero attached hydrogens (tertiary/aromatic N) is 8. The lowest BCUT2D eigenvalue weighted by molar-refractivity contribution is -0.150. The van der Waals surface area contributed by atoms with Crippen LogP contribution in [0.3, 0.4) is 0 Å². The molecule has 2 aliphatic heterocycles. The van der Waals surface area contributed by atoms with Crippen molar-refractivity contribution < 1.29 is 34.2 Å². The van der Waals surface area contributed by atoms with Crippen LogP contribution in [0.25, 0.3) is 0 Å². The molecule has 4 rings (SSSR count). The van der Waals surface area contributed by atoms with Crippen LogP contribution in [0.2, 0.25) is 0 Å². The van der Waals surface area contributed by atoms with Crippen molar-refractivity contribution in [1.82, 2.24) is 40.0 Å². The van der Waals surface area contributed by atoms with Gasteiger partial charge in [-0.2, -0.15) is 0 Å². The van der Waals surface area contributed by atoms with Gasteiger partial charge in [-0.15, -0.1) is 22.0 Å². The maximum absolute atomic E-state index is 12.9. The van der Waals surface area contributed by atoms with Crippen LogP contribution >= 0.6 is 35.1 Å². The number of carboxylic acids is 2. The zero-order valence-electron chi connectivity index (χ0n) is 17.6. The highest BCUT2D eigenvalue weighted by molar-refractivity contribution is 8.01. The van der Waals surface area contributed by atoms with Gasteiger partial charge in [0, 0.05) is 16.9 Å². The number of tetrazole rings is 1. The number of β-lactam (4-membered cyclic amide) rings is 1. The number of oxime groups is 1. The van der Waals surface area contributed by atoms with Gasteiger partial charge in [0.2, 0.25) is 5.16 Å². The Morgan fingerprint density at radius 3 is 2.80 bits per heavy atom. The summed E-state index contributed by atoms with van der Waals surface area (Å²) < 4.78 is 4.75. The standard InChI is InChI=1S/C16H15N9O7S3/c1-32-20-9(7-5-35-23-18-7)12(28)17-10-13(29)25-11(15(30)31)6(3-33-14(10)25)4-34-16-19-21-22-24(16)2-8(26)27/h5,10,14H,2-4H2,1H3,(H,17,28)(H,26,27)(H,30,31)/t10?,14-/m0/s1. The summed E-state index contributed by atoms with van der Waals surface area (Å²) in [7, 11) is 1.25. The van der Waals surface area contributed by atoms with Crippen LogP contribution in [-0.2, 0) is 30.6 Å². The van der Waals surface area contributed by atoms with E-state index in [1.807, 2.05) is 0 Å².